The van der Waals surface area contributed by atoms with Crippen molar-refractivity contribution in [1.29, 1.82) is 0 Å². The Morgan fingerprint density at radius 2 is 1.68 bits per heavy atom. The summed E-state index contributed by atoms with van der Waals surface area (Å²) < 4.78 is 21.3. The first kappa shape index (κ1) is 34.4. The van der Waals surface area contributed by atoms with E-state index < -0.39 is 73.3 Å². The number of hydrogen-bond donors (Lipinski definition) is 1. The Bertz CT molecular complexity index is 2400. The van der Waals surface area contributed by atoms with Crippen molar-refractivity contribution < 1.29 is 28.6 Å². The highest BCUT2D eigenvalue weighted by molar-refractivity contribution is 6.66. The van der Waals surface area contributed by atoms with Gasteiger partial charge in [-0.15, -0.1) is 23.2 Å². The van der Waals surface area contributed by atoms with Crippen LogP contribution in [0.2, 0.25) is 0 Å². The normalized spacial score (nSPS) is 24.6. The molecule has 2 aliphatic carbocycles. The number of aliphatic hydroxyl groups excluding tert-OH is 1. The van der Waals surface area contributed by atoms with E-state index in [1.807, 2.05) is 0 Å². The molecular formula is C32H27Cl4N5O9. The number of aryl methyl sites for hydroxylation is 2. The van der Waals surface area contributed by atoms with Crippen molar-refractivity contribution in [2.24, 2.45) is 7.05 Å². The molecule has 3 aliphatic rings. The zero-order valence-electron chi connectivity index (χ0n) is 26.5. The van der Waals surface area contributed by atoms with Crippen molar-refractivity contribution in [3.8, 4) is 11.5 Å². The first-order valence-corrected chi connectivity index (χ1v) is 16.7. The molecule has 3 aromatic heterocycles. The molecule has 0 spiro atoms. The Balaban J connectivity index is 1.32. The molecular weight excluding hydrogens is 740 g/mol. The first-order chi connectivity index (χ1) is 23.7. The number of aliphatic hydroxyl groups is 1. The van der Waals surface area contributed by atoms with Gasteiger partial charge in [0.2, 0.25) is 0 Å². The Morgan fingerprint density at radius 1 is 1.00 bits per heavy atom. The van der Waals surface area contributed by atoms with Crippen LogP contribution in [0.3, 0.4) is 0 Å². The molecule has 18 heteroatoms. The molecule has 262 valence electrons. The lowest BCUT2D eigenvalue weighted by atomic mass is 9.60. The molecule has 1 aromatic carbocycles. The third kappa shape index (κ3) is 4.58. The molecule has 14 nitrogen and oxygen atoms in total. The summed E-state index contributed by atoms with van der Waals surface area (Å²) in [7, 11) is 4.51. The SMILES string of the molecule is COc1cc2nc(CCn3c(=O)n4n(c3=O)[C@@H]3C[C@@]5(Cl)C(=O)C(Cl)=C(Cl)C(=O)[C@@]5(Cl)[C@@H](c5ccc(CO)o5)C3=CC4)c(=O)n(C)c2cc1OC. The summed E-state index contributed by atoms with van der Waals surface area (Å²) in [5.74, 6) is -2.09. The van der Waals surface area contributed by atoms with Gasteiger partial charge in [-0.05, 0) is 17.7 Å². The Labute approximate surface area is 301 Å². The molecule has 0 unspecified atom stereocenters. The molecule has 0 saturated heterocycles. The Morgan fingerprint density at radius 3 is 2.34 bits per heavy atom. The number of ketones is 2. The summed E-state index contributed by atoms with van der Waals surface area (Å²) in [5, 5.41) is 8.50. The van der Waals surface area contributed by atoms with E-state index in [9.17, 15) is 29.1 Å². The fourth-order valence-corrected chi connectivity index (χ4v) is 8.75. The number of carbonyl (C=O) groups is 2. The zero-order chi connectivity index (χ0) is 36.0. The van der Waals surface area contributed by atoms with Crippen LogP contribution in [-0.4, -0.2) is 64.1 Å². The number of aromatic nitrogens is 5. The van der Waals surface area contributed by atoms with Crippen molar-refractivity contribution >= 4 is 69.0 Å². The number of rotatable bonds is 7. The van der Waals surface area contributed by atoms with E-state index in [-0.39, 0.29) is 36.7 Å². The van der Waals surface area contributed by atoms with Gasteiger partial charge in [-0.3, -0.25) is 14.4 Å². The van der Waals surface area contributed by atoms with E-state index in [1.54, 1.807) is 25.3 Å². The summed E-state index contributed by atoms with van der Waals surface area (Å²) in [5.41, 5.74) is -0.511. The van der Waals surface area contributed by atoms with Crippen LogP contribution in [0.5, 0.6) is 11.5 Å². The van der Waals surface area contributed by atoms with E-state index >= 15 is 0 Å². The van der Waals surface area contributed by atoms with Crippen LogP contribution in [-0.2, 0) is 42.8 Å². The highest BCUT2D eigenvalue weighted by Crippen LogP contribution is 2.63. The number of Topliss-reactive ketones (excluding diaryl/α,β-unsaturated/α-hetero) is 2. The molecule has 1 fully saturated rings. The summed E-state index contributed by atoms with van der Waals surface area (Å²) >= 11 is 26.7. The van der Waals surface area contributed by atoms with Crippen molar-refractivity contribution in [2.45, 2.75) is 54.2 Å². The molecule has 7 rings (SSSR count). The molecule has 1 N–H and O–H groups in total. The van der Waals surface area contributed by atoms with Crippen LogP contribution < -0.4 is 26.4 Å². The first-order valence-electron chi connectivity index (χ1n) is 15.2. The van der Waals surface area contributed by atoms with Gasteiger partial charge in [-0.25, -0.2) is 28.5 Å². The molecule has 4 atom stereocenters. The Kier molecular flexibility index (Phi) is 8.26. The molecule has 0 bridgehead atoms. The highest BCUT2D eigenvalue weighted by atomic mass is 35.5. The monoisotopic (exact) mass is 765 g/mol. The van der Waals surface area contributed by atoms with Crippen LogP contribution >= 0.6 is 46.4 Å². The zero-order valence-corrected chi connectivity index (χ0v) is 29.6. The topological polar surface area (TPSA) is 170 Å². The maximum atomic E-state index is 14.1. The van der Waals surface area contributed by atoms with E-state index in [0.29, 0.717) is 28.1 Å². The maximum absolute atomic E-state index is 14.1. The van der Waals surface area contributed by atoms with Gasteiger partial charge < -0.3 is 23.6 Å². The number of carbonyl (C=O) groups excluding carboxylic acids is 2. The van der Waals surface area contributed by atoms with Crippen LogP contribution in [0, 0.1) is 0 Å². The van der Waals surface area contributed by atoms with Crippen LogP contribution in [0.25, 0.3) is 11.0 Å². The van der Waals surface area contributed by atoms with Gasteiger partial charge >= 0.3 is 11.4 Å². The van der Waals surface area contributed by atoms with E-state index in [2.05, 4.69) is 4.98 Å². The highest BCUT2D eigenvalue weighted by Gasteiger charge is 2.72. The Hall–Kier alpha value is -4.08. The number of nitrogens with zero attached hydrogens (tertiary/aromatic N) is 5. The molecule has 0 radical (unpaired) electrons. The number of benzene rings is 1. The largest absolute Gasteiger partial charge is 0.493 e. The lowest BCUT2D eigenvalue weighted by Gasteiger charge is -2.53. The predicted molar refractivity (Wildman–Crippen MR) is 182 cm³/mol. The van der Waals surface area contributed by atoms with Gasteiger partial charge in [-0.2, -0.15) is 0 Å². The number of halogens is 4. The van der Waals surface area contributed by atoms with Crippen molar-refractivity contribution in [2.75, 3.05) is 14.2 Å². The third-order valence-electron chi connectivity index (χ3n) is 9.73. The quantitative estimate of drug-likeness (QED) is 0.218. The molecule has 50 heavy (non-hydrogen) atoms. The number of methoxy groups -OCH3 is 2. The smallest absolute Gasteiger partial charge is 0.347 e. The van der Waals surface area contributed by atoms with Gasteiger partial charge in [-0.1, -0.05) is 29.3 Å². The van der Waals surface area contributed by atoms with Gasteiger partial charge in [0.25, 0.3) is 5.56 Å². The van der Waals surface area contributed by atoms with Crippen LogP contribution in [0.15, 0.2) is 64.8 Å². The van der Waals surface area contributed by atoms with E-state index in [4.69, 9.17) is 60.3 Å². The summed E-state index contributed by atoms with van der Waals surface area (Å²) in [6.07, 6.45) is 1.12. The predicted octanol–water partition coefficient (Wildman–Crippen LogP) is 2.87. The van der Waals surface area contributed by atoms with Gasteiger partial charge in [0.05, 0.1) is 43.8 Å². The molecule has 1 saturated carbocycles. The van der Waals surface area contributed by atoms with Crippen molar-refractivity contribution in [1.82, 2.24) is 23.5 Å². The van der Waals surface area contributed by atoms with Crippen LogP contribution in [0.4, 0.5) is 0 Å². The number of allylic oxidation sites excluding steroid dienone is 4. The lowest BCUT2D eigenvalue weighted by molar-refractivity contribution is -0.128. The summed E-state index contributed by atoms with van der Waals surface area (Å²) in [6, 6.07) is 5.12. The fourth-order valence-electron chi connectivity index (χ4n) is 7.25. The summed E-state index contributed by atoms with van der Waals surface area (Å²) in [4.78, 5) is 68.8. The van der Waals surface area contributed by atoms with Gasteiger partial charge in [0, 0.05) is 38.6 Å². The number of furan rings is 1. The minimum absolute atomic E-state index is 0.0735. The minimum atomic E-state index is -2.25. The fraction of sp³-hybridized carbons (Fsp3) is 0.375. The van der Waals surface area contributed by atoms with Crippen LogP contribution in [0.1, 0.15) is 35.6 Å². The molecule has 0 amide bonds. The standard InChI is InChI=1S/C32H27Cl4N5O9/c1-38-18-11-22(49-3)21(48-2)10-17(18)37-16(28(38)45)7-8-39-29(46)40-9-6-15-19(41(40)30(39)47)12-31(35)26(43)24(33)25(34)27(44)32(31,36)23(15)20-5-4-14(13-42)50-20/h4-6,10-11,19,23,42H,7-9,12-13H2,1-3H3/t19-,23-,31-,32+/m1/s1. The second kappa shape index (κ2) is 12.0. The maximum Gasteiger partial charge on any atom is 0.347 e. The van der Waals surface area contributed by atoms with Gasteiger partial charge in [0.1, 0.15) is 43.6 Å². The third-order valence-corrected chi connectivity index (χ3v) is 12.0. The molecule has 4 aromatic rings. The van der Waals surface area contributed by atoms with E-state index in [0.717, 1.165) is 9.25 Å². The van der Waals surface area contributed by atoms with Crippen molar-refractivity contribution in [3.63, 3.8) is 0 Å². The average molecular weight is 767 g/mol. The van der Waals surface area contributed by atoms with Gasteiger partial charge in [0.15, 0.2) is 23.1 Å². The number of ether oxygens (including phenoxy) is 2. The second-order valence-corrected chi connectivity index (χ2v) is 14.1. The van der Waals surface area contributed by atoms with Crippen molar-refractivity contribution in [3.05, 3.63) is 94.5 Å². The van der Waals surface area contributed by atoms with E-state index in [1.165, 1.54) is 35.6 Å². The molecule has 4 heterocycles. The number of fused-ring (bicyclic) bond motifs is 5. The molecule has 1 aliphatic heterocycles. The lowest BCUT2D eigenvalue weighted by Crippen LogP contribution is -2.67. The number of hydrogen-bond acceptors (Lipinski definition) is 10. The minimum Gasteiger partial charge on any atom is -0.493 e. The number of alkyl halides is 2. The average Bonchev–Trinajstić information content (AvgIpc) is 3.68. The second-order valence-electron chi connectivity index (χ2n) is 12.1. The summed E-state index contributed by atoms with van der Waals surface area (Å²) in [6.45, 7) is -0.819.